The number of benzene rings is 2. The Labute approximate surface area is 168 Å². The van der Waals surface area contributed by atoms with Crippen LogP contribution in [-0.4, -0.2) is 32.2 Å². The SMILES string of the molecule is COc1ccc(-c2nc3nc(-c4ccc(Cl)cc4)[nH]n3c2NC(C)(C)C)cc1. The summed E-state index contributed by atoms with van der Waals surface area (Å²) < 4.78 is 7.15. The zero-order chi connectivity index (χ0) is 19.9. The van der Waals surface area contributed by atoms with Gasteiger partial charge < -0.3 is 10.1 Å². The van der Waals surface area contributed by atoms with E-state index in [0.717, 1.165) is 34.2 Å². The fourth-order valence-electron chi connectivity index (χ4n) is 2.98. The smallest absolute Gasteiger partial charge is 0.253 e. The van der Waals surface area contributed by atoms with Crippen molar-refractivity contribution in [2.45, 2.75) is 26.3 Å². The van der Waals surface area contributed by atoms with Crippen molar-refractivity contribution in [3.8, 4) is 28.4 Å². The third-order valence-corrected chi connectivity index (χ3v) is 4.52. The number of aromatic nitrogens is 4. The third-order valence-electron chi connectivity index (χ3n) is 4.26. The summed E-state index contributed by atoms with van der Waals surface area (Å²) in [4.78, 5) is 9.45. The van der Waals surface area contributed by atoms with Gasteiger partial charge in [0, 0.05) is 21.7 Å². The van der Waals surface area contributed by atoms with Crippen molar-refractivity contribution in [2.24, 2.45) is 0 Å². The Bertz CT molecular complexity index is 1100. The topological polar surface area (TPSA) is 67.2 Å². The number of ether oxygens (including phenoxy) is 1. The highest BCUT2D eigenvalue weighted by Crippen LogP contribution is 2.32. The fourth-order valence-corrected chi connectivity index (χ4v) is 3.10. The first kappa shape index (κ1) is 18.4. The first-order valence-corrected chi connectivity index (χ1v) is 9.39. The van der Waals surface area contributed by atoms with Gasteiger partial charge in [-0.05, 0) is 69.3 Å². The predicted octanol–water partition coefficient (Wildman–Crippen LogP) is 5.26. The number of aromatic amines is 1. The molecule has 4 rings (SSSR count). The lowest BCUT2D eigenvalue weighted by Crippen LogP contribution is -2.27. The Balaban J connectivity index is 1.84. The fraction of sp³-hybridized carbons (Fsp3) is 0.238. The van der Waals surface area contributed by atoms with Crippen LogP contribution in [0.3, 0.4) is 0 Å². The Morgan fingerprint density at radius 2 is 1.61 bits per heavy atom. The summed E-state index contributed by atoms with van der Waals surface area (Å²) in [6.45, 7) is 6.34. The first-order chi connectivity index (χ1) is 13.3. The molecule has 0 aliphatic rings. The highest BCUT2D eigenvalue weighted by Gasteiger charge is 2.22. The van der Waals surface area contributed by atoms with Gasteiger partial charge in [0.05, 0.1) is 7.11 Å². The molecule has 0 amide bonds. The molecule has 0 radical (unpaired) electrons. The lowest BCUT2D eigenvalue weighted by molar-refractivity contribution is 0.415. The van der Waals surface area contributed by atoms with E-state index in [0.29, 0.717) is 10.8 Å². The zero-order valence-corrected chi connectivity index (χ0v) is 17.0. The average Bonchev–Trinajstić information content (AvgIpc) is 3.21. The van der Waals surface area contributed by atoms with Crippen LogP contribution in [0.2, 0.25) is 5.02 Å². The number of hydrogen-bond donors (Lipinski definition) is 2. The quantitative estimate of drug-likeness (QED) is 0.494. The maximum Gasteiger partial charge on any atom is 0.253 e. The summed E-state index contributed by atoms with van der Waals surface area (Å²) in [7, 11) is 1.66. The molecule has 0 unspecified atom stereocenters. The number of hydrogen-bond acceptors (Lipinski definition) is 4. The van der Waals surface area contributed by atoms with Crippen molar-refractivity contribution in [1.82, 2.24) is 19.6 Å². The maximum absolute atomic E-state index is 6.00. The number of halogens is 1. The summed E-state index contributed by atoms with van der Waals surface area (Å²) in [5.74, 6) is 3.00. The molecule has 6 nitrogen and oxygen atoms in total. The number of nitrogens with one attached hydrogen (secondary N) is 2. The van der Waals surface area contributed by atoms with Crippen molar-refractivity contribution in [2.75, 3.05) is 12.4 Å². The molecule has 0 saturated heterocycles. The van der Waals surface area contributed by atoms with Crippen molar-refractivity contribution in [1.29, 1.82) is 0 Å². The maximum atomic E-state index is 6.00. The van der Waals surface area contributed by atoms with E-state index in [1.54, 1.807) is 7.11 Å². The van der Waals surface area contributed by atoms with E-state index in [9.17, 15) is 0 Å². The molecule has 0 spiro atoms. The van der Waals surface area contributed by atoms with Gasteiger partial charge in [-0.2, -0.15) is 4.98 Å². The van der Waals surface area contributed by atoms with Gasteiger partial charge in [0.25, 0.3) is 5.78 Å². The van der Waals surface area contributed by atoms with Crippen LogP contribution >= 0.6 is 11.6 Å². The van der Waals surface area contributed by atoms with Crippen LogP contribution in [0.15, 0.2) is 48.5 Å². The molecule has 2 N–H and O–H groups in total. The molecule has 28 heavy (non-hydrogen) atoms. The van der Waals surface area contributed by atoms with E-state index < -0.39 is 0 Å². The second-order valence-corrected chi connectivity index (χ2v) is 8.06. The monoisotopic (exact) mass is 395 g/mol. The molecule has 0 bridgehead atoms. The Hall–Kier alpha value is -2.99. The normalized spacial score (nSPS) is 11.8. The first-order valence-electron chi connectivity index (χ1n) is 9.01. The minimum Gasteiger partial charge on any atom is -0.497 e. The number of imidazole rings is 1. The third kappa shape index (κ3) is 3.55. The van der Waals surface area contributed by atoms with Crippen molar-refractivity contribution in [3.05, 3.63) is 53.6 Å². The number of fused-ring (bicyclic) bond motifs is 1. The van der Waals surface area contributed by atoms with Gasteiger partial charge in [-0.15, -0.1) is 0 Å². The molecule has 144 valence electrons. The summed E-state index contributed by atoms with van der Waals surface area (Å²) in [6.07, 6.45) is 0. The van der Waals surface area contributed by atoms with Gasteiger partial charge in [-0.1, -0.05) is 11.6 Å². The van der Waals surface area contributed by atoms with Gasteiger partial charge in [-0.25, -0.2) is 9.50 Å². The van der Waals surface area contributed by atoms with E-state index in [4.69, 9.17) is 21.3 Å². The summed E-state index contributed by atoms with van der Waals surface area (Å²) in [5, 5.41) is 7.59. The molecule has 4 aromatic rings. The van der Waals surface area contributed by atoms with Crippen LogP contribution in [0, 0.1) is 0 Å². The molecule has 2 aromatic carbocycles. The molecule has 7 heteroatoms. The molecular weight excluding hydrogens is 374 g/mol. The van der Waals surface area contributed by atoms with Gasteiger partial charge in [0.15, 0.2) is 11.6 Å². The van der Waals surface area contributed by atoms with Crippen LogP contribution in [0.25, 0.3) is 28.4 Å². The van der Waals surface area contributed by atoms with Crippen LogP contribution in [0.4, 0.5) is 5.82 Å². The number of anilines is 1. The average molecular weight is 396 g/mol. The highest BCUT2D eigenvalue weighted by molar-refractivity contribution is 6.30. The second kappa shape index (κ2) is 6.87. The number of H-pyrrole nitrogens is 1. The molecule has 2 heterocycles. The van der Waals surface area contributed by atoms with E-state index >= 15 is 0 Å². The Kier molecular flexibility index (Phi) is 4.51. The van der Waals surface area contributed by atoms with Crippen molar-refractivity contribution < 1.29 is 4.74 Å². The van der Waals surface area contributed by atoms with Gasteiger partial charge in [0.1, 0.15) is 11.4 Å². The molecule has 0 aliphatic heterocycles. The van der Waals surface area contributed by atoms with E-state index in [1.807, 2.05) is 53.0 Å². The molecule has 0 saturated carbocycles. The minimum atomic E-state index is -0.150. The molecule has 0 atom stereocenters. The van der Waals surface area contributed by atoms with E-state index in [2.05, 4.69) is 36.2 Å². The predicted molar refractivity (Wildman–Crippen MR) is 113 cm³/mol. The summed E-state index contributed by atoms with van der Waals surface area (Å²) in [5.41, 5.74) is 2.61. The summed E-state index contributed by atoms with van der Waals surface area (Å²) in [6, 6.07) is 15.4. The molecule has 0 fully saturated rings. The van der Waals surface area contributed by atoms with Crippen LogP contribution in [0.5, 0.6) is 5.75 Å². The van der Waals surface area contributed by atoms with Crippen LogP contribution < -0.4 is 10.1 Å². The minimum absolute atomic E-state index is 0.150. The van der Waals surface area contributed by atoms with Crippen molar-refractivity contribution in [3.63, 3.8) is 0 Å². The lowest BCUT2D eigenvalue weighted by atomic mass is 10.1. The largest absolute Gasteiger partial charge is 0.497 e. The van der Waals surface area contributed by atoms with Gasteiger partial charge in [0.2, 0.25) is 0 Å². The van der Waals surface area contributed by atoms with Crippen LogP contribution in [0.1, 0.15) is 20.8 Å². The number of rotatable bonds is 4. The Morgan fingerprint density at radius 1 is 0.964 bits per heavy atom. The number of nitrogens with zero attached hydrogens (tertiary/aromatic N) is 3. The highest BCUT2D eigenvalue weighted by atomic mass is 35.5. The molecular formula is C21H22ClN5O. The Morgan fingerprint density at radius 3 is 2.21 bits per heavy atom. The zero-order valence-electron chi connectivity index (χ0n) is 16.2. The lowest BCUT2D eigenvalue weighted by Gasteiger charge is -2.22. The second-order valence-electron chi connectivity index (χ2n) is 7.63. The standard InChI is InChI=1S/C21H22ClN5O/c1-21(2,3)25-19-17(13-7-11-16(28-4)12-8-13)23-20-24-18(26-27(19)20)14-5-9-15(22)10-6-14/h5-12,25H,1-4H3,(H,23,24,26). The van der Waals surface area contributed by atoms with E-state index in [-0.39, 0.29) is 5.54 Å². The van der Waals surface area contributed by atoms with E-state index in [1.165, 1.54) is 0 Å². The van der Waals surface area contributed by atoms with Gasteiger partial charge in [-0.3, -0.25) is 5.10 Å². The van der Waals surface area contributed by atoms with Crippen LogP contribution in [-0.2, 0) is 0 Å². The summed E-state index contributed by atoms with van der Waals surface area (Å²) >= 11 is 6.00. The van der Waals surface area contributed by atoms with Crippen molar-refractivity contribution >= 4 is 23.2 Å². The molecule has 2 aromatic heterocycles. The van der Waals surface area contributed by atoms with Gasteiger partial charge >= 0.3 is 0 Å². The number of methoxy groups -OCH3 is 1. The molecule has 0 aliphatic carbocycles.